The topological polar surface area (TPSA) is 55.0 Å². The second-order valence-corrected chi connectivity index (χ2v) is 3.89. The van der Waals surface area contributed by atoms with Crippen molar-refractivity contribution in [1.29, 1.82) is 0 Å². The molecule has 0 fully saturated rings. The molecule has 0 atom stereocenters. The minimum absolute atomic E-state index is 0.119. The third kappa shape index (κ3) is 4.65. The van der Waals surface area contributed by atoms with Crippen LogP contribution in [0.5, 0.6) is 0 Å². The number of aromatic nitrogens is 2. The molecule has 0 aliphatic heterocycles. The number of hydrogen-bond donors (Lipinski definition) is 1. The van der Waals surface area contributed by atoms with Crippen molar-refractivity contribution in [3.63, 3.8) is 0 Å². The first kappa shape index (κ1) is 12.5. The van der Waals surface area contributed by atoms with Gasteiger partial charge in [0.2, 0.25) is 0 Å². The number of H-pyrrole nitrogens is 1. The molecule has 0 saturated heterocycles. The van der Waals surface area contributed by atoms with Crippen molar-refractivity contribution in [3.05, 3.63) is 25.9 Å². The molecule has 0 spiro atoms. The summed E-state index contributed by atoms with van der Waals surface area (Å²) < 4.78 is 28.5. The molecule has 1 aromatic heterocycles. The average Bonchev–Trinajstić information content (AvgIpc) is 2.18. The molecule has 0 aliphatic carbocycles. The fraction of sp³-hybridized carbons (Fsp3) is 0.500. The molecule has 0 amide bonds. The quantitative estimate of drug-likeness (QED) is 0.652. The second-order valence-electron chi connectivity index (χ2n) is 2.72. The van der Waals surface area contributed by atoms with Crippen molar-refractivity contribution >= 4 is 22.6 Å². The van der Waals surface area contributed by atoms with E-state index in [2.05, 4.69) is 14.7 Å². The van der Waals surface area contributed by atoms with E-state index in [1.165, 1.54) is 6.20 Å². The van der Waals surface area contributed by atoms with Crippen molar-refractivity contribution < 1.29 is 13.5 Å². The van der Waals surface area contributed by atoms with Crippen LogP contribution < -0.4 is 5.56 Å². The van der Waals surface area contributed by atoms with Gasteiger partial charge in [0.1, 0.15) is 12.4 Å². The van der Waals surface area contributed by atoms with Crippen molar-refractivity contribution in [3.8, 4) is 0 Å². The van der Waals surface area contributed by atoms with Gasteiger partial charge in [0.05, 0.1) is 10.2 Å². The number of aromatic amines is 1. The Bertz CT molecular complexity index is 370. The van der Waals surface area contributed by atoms with Crippen molar-refractivity contribution in [1.82, 2.24) is 9.97 Å². The number of rotatable bonds is 5. The minimum atomic E-state index is -2.46. The van der Waals surface area contributed by atoms with Gasteiger partial charge in [-0.3, -0.25) is 4.79 Å². The van der Waals surface area contributed by atoms with Gasteiger partial charge in [-0.2, -0.15) is 0 Å². The lowest BCUT2D eigenvalue weighted by molar-refractivity contribution is 0.0182. The zero-order valence-corrected chi connectivity index (χ0v) is 9.83. The third-order valence-electron chi connectivity index (χ3n) is 1.54. The Morgan fingerprint density at radius 1 is 1.60 bits per heavy atom. The number of nitrogens with one attached hydrogen (secondary N) is 1. The highest BCUT2D eigenvalue weighted by atomic mass is 127. The molecule has 0 saturated carbocycles. The standard InChI is InChI=1S/C8H9F2IN2O2/c9-6(10)4-15-2-1-7-12-3-5(11)8(14)13-7/h3,6H,1-2,4H2,(H,12,13,14). The van der Waals surface area contributed by atoms with E-state index in [4.69, 9.17) is 0 Å². The summed E-state index contributed by atoms with van der Waals surface area (Å²) in [6.07, 6.45) is -0.713. The number of nitrogens with zero attached hydrogens (tertiary/aromatic N) is 1. The molecule has 4 nitrogen and oxygen atoms in total. The van der Waals surface area contributed by atoms with Gasteiger partial charge in [-0.15, -0.1) is 0 Å². The van der Waals surface area contributed by atoms with Crippen LogP contribution in [0.2, 0.25) is 0 Å². The molecule has 0 bridgehead atoms. The molecule has 84 valence electrons. The largest absolute Gasteiger partial charge is 0.375 e. The van der Waals surface area contributed by atoms with E-state index in [0.717, 1.165) is 0 Å². The van der Waals surface area contributed by atoms with Crippen LogP contribution in [0.4, 0.5) is 8.78 Å². The maximum atomic E-state index is 11.7. The van der Waals surface area contributed by atoms with Crippen LogP contribution in [-0.4, -0.2) is 29.6 Å². The van der Waals surface area contributed by atoms with Crippen LogP contribution in [0.25, 0.3) is 0 Å². The van der Waals surface area contributed by atoms with Gasteiger partial charge >= 0.3 is 0 Å². The Kier molecular flexibility index (Phi) is 5.09. The molecule has 0 radical (unpaired) electrons. The van der Waals surface area contributed by atoms with E-state index in [9.17, 15) is 13.6 Å². The zero-order chi connectivity index (χ0) is 11.3. The van der Waals surface area contributed by atoms with Gasteiger partial charge < -0.3 is 9.72 Å². The maximum absolute atomic E-state index is 11.7. The number of alkyl halides is 2. The molecule has 1 aromatic rings. The van der Waals surface area contributed by atoms with E-state index in [-0.39, 0.29) is 12.2 Å². The Morgan fingerprint density at radius 3 is 2.93 bits per heavy atom. The Balaban J connectivity index is 2.38. The molecular formula is C8H9F2IN2O2. The lowest BCUT2D eigenvalue weighted by atomic mass is 10.4. The van der Waals surface area contributed by atoms with E-state index in [0.29, 0.717) is 15.8 Å². The van der Waals surface area contributed by atoms with Crippen molar-refractivity contribution in [2.24, 2.45) is 0 Å². The minimum Gasteiger partial charge on any atom is -0.375 e. The first-order valence-corrected chi connectivity index (χ1v) is 5.27. The molecular weight excluding hydrogens is 321 g/mol. The van der Waals surface area contributed by atoms with Gasteiger partial charge in [0.25, 0.3) is 12.0 Å². The third-order valence-corrected chi connectivity index (χ3v) is 2.30. The van der Waals surface area contributed by atoms with Crippen LogP contribution in [0.3, 0.4) is 0 Å². The molecule has 1 rings (SSSR count). The van der Waals surface area contributed by atoms with Crippen molar-refractivity contribution in [2.45, 2.75) is 12.8 Å². The van der Waals surface area contributed by atoms with Crippen LogP contribution in [0.1, 0.15) is 5.82 Å². The van der Waals surface area contributed by atoms with E-state index in [1.54, 1.807) is 0 Å². The zero-order valence-electron chi connectivity index (χ0n) is 7.67. The normalized spacial score (nSPS) is 10.9. The Labute approximate surface area is 98.2 Å². The first-order chi connectivity index (χ1) is 7.09. The summed E-state index contributed by atoms with van der Waals surface area (Å²) in [5.74, 6) is 0.440. The van der Waals surface area contributed by atoms with Crippen LogP contribution >= 0.6 is 22.6 Å². The van der Waals surface area contributed by atoms with Gasteiger partial charge in [-0.25, -0.2) is 13.8 Å². The molecule has 0 aliphatic rings. The summed E-state index contributed by atoms with van der Waals surface area (Å²) in [5, 5.41) is 0. The predicted molar refractivity (Wildman–Crippen MR) is 58.1 cm³/mol. The van der Waals surface area contributed by atoms with Crippen molar-refractivity contribution in [2.75, 3.05) is 13.2 Å². The highest BCUT2D eigenvalue weighted by Crippen LogP contribution is 1.96. The first-order valence-electron chi connectivity index (χ1n) is 4.19. The second kappa shape index (κ2) is 6.11. The average molecular weight is 330 g/mol. The molecule has 0 unspecified atom stereocenters. The van der Waals surface area contributed by atoms with E-state index >= 15 is 0 Å². The monoisotopic (exact) mass is 330 g/mol. The van der Waals surface area contributed by atoms with E-state index in [1.807, 2.05) is 22.6 Å². The summed E-state index contributed by atoms with van der Waals surface area (Å²) in [4.78, 5) is 17.6. The van der Waals surface area contributed by atoms with Crippen LogP contribution in [0.15, 0.2) is 11.0 Å². The maximum Gasteiger partial charge on any atom is 0.264 e. The van der Waals surface area contributed by atoms with Gasteiger partial charge in [0, 0.05) is 12.6 Å². The Morgan fingerprint density at radius 2 is 2.33 bits per heavy atom. The number of ether oxygens (including phenoxy) is 1. The summed E-state index contributed by atoms with van der Waals surface area (Å²) >= 11 is 1.86. The van der Waals surface area contributed by atoms with Gasteiger partial charge in [0.15, 0.2) is 0 Å². The lowest BCUT2D eigenvalue weighted by Gasteiger charge is -2.02. The lowest BCUT2D eigenvalue weighted by Crippen LogP contribution is -2.15. The summed E-state index contributed by atoms with van der Waals surface area (Å²) in [6, 6.07) is 0. The summed E-state index contributed by atoms with van der Waals surface area (Å²) in [6.45, 7) is -0.470. The molecule has 7 heteroatoms. The summed E-state index contributed by atoms with van der Waals surface area (Å²) in [5.41, 5.74) is -0.227. The fourth-order valence-corrected chi connectivity index (χ4v) is 1.16. The van der Waals surface area contributed by atoms with Crippen LogP contribution in [-0.2, 0) is 11.2 Å². The van der Waals surface area contributed by atoms with E-state index < -0.39 is 13.0 Å². The fourth-order valence-electron chi connectivity index (χ4n) is 0.885. The van der Waals surface area contributed by atoms with Crippen LogP contribution in [0, 0.1) is 3.57 Å². The number of halogens is 3. The SMILES string of the molecule is O=c1[nH]c(CCOCC(F)F)ncc1I. The smallest absolute Gasteiger partial charge is 0.264 e. The highest BCUT2D eigenvalue weighted by molar-refractivity contribution is 14.1. The molecule has 1 N–H and O–H groups in total. The van der Waals surface area contributed by atoms with Gasteiger partial charge in [-0.05, 0) is 22.6 Å². The summed E-state index contributed by atoms with van der Waals surface area (Å²) in [7, 11) is 0. The molecule has 15 heavy (non-hydrogen) atoms. The highest BCUT2D eigenvalue weighted by Gasteiger charge is 2.03. The Hall–Kier alpha value is -0.570. The van der Waals surface area contributed by atoms with Gasteiger partial charge in [-0.1, -0.05) is 0 Å². The molecule has 1 heterocycles. The predicted octanol–water partition coefficient (Wildman–Crippen LogP) is 1.20. The molecule has 0 aromatic carbocycles. The number of hydrogen-bond acceptors (Lipinski definition) is 3.